The lowest BCUT2D eigenvalue weighted by atomic mass is 9.96. The maximum atomic E-state index is 15.7. The predicted octanol–water partition coefficient (Wildman–Crippen LogP) is 5.73. The highest BCUT2D eigenvalue weighted by atomic mass is 32.1. The molecule has 11 heteroatoms. The van der Waals surface area contributed by atoms with Crippen LogP contribution >= 0.6 is 11.3 Å². The number of rotatable bonds is 4. The van der Waals surface area contributed by atoms with E-state index in [1.807, 2.05) is 30.3 Å². The number of aryl methyl sites for hydroxylation is 1. The van der Waals surface area contributed by atoms with Gasteiger partial charge in [-0.15, -0.1) is 11.3 Å². The molecule has 0 aliphatic carbocycles. The van der Waals surface area contributed by atoms with E-state index in [9.17, 15) is 14.4 Å². The van der Waals surface area contributed by atoms with E-state index in [-0.39, 0.29) is 25.2 Å². The van der Waals surface area contributed by atoms with Crippen LogP contribution in [0.25, 0.3) is 16.1 Å². The number of carbonyl (C=O) groups is 3. The first-order valence-electron chi connectivity index (χ1n) is 13.2. The number of likely N-dealkylation sites (tertiary alicyclic amines) is 1. The summed E-state index contributed by atoms with van der Waals surface area (Å²) in [4.78, 5) is 50.4. The molecule has 2 aromatic carbocycles. The molecule has 0 unspecified atom stereocenters. The van der Waals surface area contributed by atoms with Gasteiger partial charge in [0.25, 0.3) is 11.8 Å². The monoisotopic (exact) mass is 578 g/mol. The molecule has 0 N–H and O–H groups in total. The number of piperidine rings is 1. The predicted molar refractivity (Wildman–Crippen MR) is 153 cm³/mol. The molecule has 2 amide bonds. The molecule has 2 aliphatic heterocycles. The van der Waals surface area contributed by atoms with Crippen LogP contribution in [-0.2, 0) is 14.4 Å². The van der Waals surface area contributed by atoms with Crippen molar-refractivity contribution in [2.24, 2.45) is 5.16 Å². The summed E-state index contributed by atoms with van der Waals surface area (Å²) < 4.78 is 31.3. The number of carbonyl (C=O) groups excluding carboxylic acids is 3. The van der Waals surface area contributed by atoms with Crippen molar-refractivity contribution in [2.75, 3.05) is 24.5 Å². The molecule has 41 heavy (non-hydrogen) atoms. The summed E-state index contributed by atoms with van der Waals surface area (Å²) in [7, 11) is 0. The van der Waals surface area contributed by atoms with Crippen LogP contribution < -0.4 is 4.90 Å². The quantitative estimate of drug-likeness (QED) is 0.224. The molecule has 5 rings (SSSR count). The number of thiazole rings is 1. The minimum atomic E-state index is -3.35. The summed E-state index contributed by atoms with van der Waals surface area (Å²) >= 11 is 1.23. The van der Waals surface area contributed by atoms with Crippen molar-refractivity contribution in [1.82, 2.24) is 9.88 Å². The number of nitrogens with zero attached hydrogens (tertiary/aromatic N) is 4. The second kappa shape index (κ2) is 11.7. The molecule has 212 valence electrons. The van der Waals surface area contributed by atoms with Gasteiger partial charge in [-0.05, 0) is 13.0 Å². The van der Waals surface area contributed by atoms with Gasteiger partial charge in [-0.25, -0.2) is 18.6 Å². The van der Waals surface area contributed by atoms with E-state index in [0.717, 1.165) is 11.6 Å². The number of hydrogen-bond acceptors (Lipinski definition) is 7. The Hall–Kier alpha value is -4.25. The lowest BCUT2D eigenvalue weighted by Crippen LogP contribution is -2.38. The van der Waals surface area contributed by atoms with Crippen LogP contribution in [0, 0.1) is 6.92 Å². The third-order valence-electron chi connectivity index (χ3n) is 7.01. The molecule has 1 aromatic heterocycles. The van der Waals surface area contributed by atoms with Crippen molar-refractivity contribution >= 4 is 46.1 Å². The summed E-state index contributed by atoms with van der Waals surface area (Å²) in [5.41, 5.74) is 2.06. The van der Waals surface area contributed by atoms with Crippen molar-refractivity contribution < 1.29 is 28.0 Å². The van der Waals surface area contributed by atoms with Crippen LogP contribution in [0.4, 0.5) is 14.5 Å². The number of para-hydroxylation sites is 1. The van der Waals surface area contributed by atoms with Gasteiger partial charge in [-0.2, -0.15) is 0 Å². The van der Waals surface area contributed by atoms with Crippen LogP contribution in [0.2, 0.25) is 0 Å². The molecule has 0 bridgehead atoms. The average molecular weight is 579 g/mol. The number of amides is 2. The maximum Gasteiger partial charge on any atom is 0.331 e. The molecule has 8 nitrogen and oxygen atoms in total. The molecule has 0 atom stereocenters. The zero-order chi connectivity index (χ0) is 29.1. The number of halogens is 2. The van der Waals surface area contributed by atoms with Gasteiger partial charge in [-0.3, -0.25) is 9.59 Å². The first-order valence-corrected chi connectivity index (χ1v) is 14.0. The van der Waals surface area contributed by atoms with Crippen LogP contribution in [-0.4, -0.2) is 58.9 Å². The third kappa shape index (κ3) is 6.09. The molecule has 3 heterocycles. The van der Waals surface area contributed by atoms with Gasteiger partial charge in [0.05, 0.1) is 17.1 Å². The lowest BCUT2D eigenvalue weighted by Gasteiger charge is -2.27. The van der Waals surface area contributed by atoms with Crippen LogP contribution in [0.15, 0.2) is 65.8 Å². The first-order chi connectivity index (χ1) is 19.6. The Morgan fingerprint density at radius 1 is 1.02 bits per heavy atom. The summed E-state index contributed by atoms with van der Waals surface area (Å²) in [6.45, 7) is 3.27. The van der Waals surface area contributed by atoms with Crippen LogP contribution in [0.1, 0.15) is 47.1 Å². The fraction of sp³-hybridized carbons (Fsp3) is 0.300. The van der Waals surface area contributed by atoms with E-state index in [0.29, 0.717) is 39.8 Å². The SMILES string of the molecule is CC(=O)ON=C1CCN(C(=O)C=C2c3ccccc3N(C(=O)c3sc(-c4ccccc4)nc3C)CCC2(F)F)CC1. The van der Waals surface area contributed by atoms with Gasteiger partial charge in [0, 0.05) is 68.6 Å². The number of benzene rings is 2. The zero-order valence-corrected chi connectivity index (χ0v) is 23.4. The van der Waals surface area contributed by atoms with Crippen LogP contribution in [0.5, 0.6) is 0 Å². The van der Waals surface area contributed by atoms with Gasteiger partial charge in [0.1, 0.15) is 9.88 Å². The smallest absolute Gasteiger partial charge is 0.331 e. The van der Waals surface area contributed by atoms with E-state index in [1.54, 1.807) is 25.1 Å². The zero-order valence-electron chi connectivity index (χ0n) is 22.6. The molecular weight excluding hydrogens is 550 g/mol. The Labute approximate surface area is 239 Å². The number of allylic oxidation sites excluding steroid dienone is 1. The highest BCUT2D eigenvalue weighted by Gasteiger charge is 2.42. The molecule has 0 radical (unpaired) electrons. The van der Waals surface area contributed by atoms with Crippen molar-refractivity contribution in [3.8, 4) is 10.6 Å². The molecule has 1 saturated heterocycles. The minimum Gasteiger partial charge on any atom is -0.338 e. The van der Waals surface area contributed by atoms with Crippen molar-refractivity contribution in [2.45, 2.75) is 39.0 Å². The van der Waals surface area contributed by atoms with Gasteiger partial charge < -0.3 is 14.6 Å². The number of oxime groups is 1. The molecular formula is C30H28F2N4O4S. The Kier molecular flexibility index (Phi) is 8.07. The first kappa shape index (κ1) is 28.3. The number of alkyl halides is 2. The van der Waals surface area contributed by atoms with Crippen molar-refractivity contribution in [3.05, 3.63) is 76.8 Å². The number of fused-ring (bicyclic) bond motifs is 1. The molecule has 2 aliphatic rings. The van der Waals surface area contributed by atoms with Crippen molar-refractivity contribution in [3.63, 3.8) is 0 Å². The Balaban J connectivity index is 1.43. The molecule has 0 saturated carbocycles. The van der Waals surface area contributed by atoms with Gasteiger partial charge >= 0.3 is 5.97 Å². The fourth-order valence-corrected chi connectivity index (χ4v) is 5.90. The highest BCUT2D eigenvalue weighted by Crippen LogP contribution is 2.44. The van der Waals surface area contributed by atoms with Gasteiger partial charge in [0.2, 0.25) is 5.91 Å². The summed E-state index contributed by atoms with van der Waals surface area (Å²) in [6.07, 6.45) is 1.09. The van der Waals surface area contributed by atoms with E-state index in [2.05, 4.69) is 15.0 Å². The number of anilines is 1. The van der Waals surface area contributed by atoms with Crippen LogP contribution in [0.3, 0.4) is 0 Å². The molecule has 1 fully saturated rings. The van der Waals surface area contributed by atoms with E-state index in [4.69, 9.17) is 0 Å². The molecule has 3 aromatic rings. The standard InChI is InChI=1S/C30H28F2N4O4S/c1-19-27(41-28(33-19)21-8-4-3-5-9-21)29(39)36-17-14-30(31,32)24(23-10-6-7-11-25(23)36)18-26(38)35-15-12-22(13-16-35)34-40-20(2)37/h3-11,18H,12-17H2,1-2H3. The van der Waals surface area contributed by atoms with Gasteiger partial charge in [-0.1, -0.05) is 53.7 Å². The Bertz CT molecular complexity index is 1540. The summed E-state index contributed by atoms with van der Waals surface area (Å²) in [5, 5.41) is 4.46. The average Bonchev–Trinajstić information content (AvgIpc) is 3.32. The topological polar surface area (TPSA) is 92.2 Å². The minimum absolute atomic E-state index is 0.135. The normalized spacial score (nSPS) is 17.6. The largest absolute Gasteiger partial charge is 0.338 e. The lowest BCUT2D eigenvalue weighted by molar-refractivity contribution is -0.141. The Morgan fingerprint density at radius 3 is 2.41 bits per heavy atom. The van der Waals surface area contributed by atoms with Crippen molar-refractivity contribution in [1.29, 1.82) is 0 Å². The van der Waals surface area contributed by atoms with Gasteiger partial charge in [0.15, 0.2) is 0 Å². The maximum absolute atomic E-state index is 15.7. The Morgan fingerprint density at radius 2 is 1.71 bits per heavy atom. The second-order valence-corrected chi connectivity index (χ2v) is 10.9. The number of hydrogen-bond donors (Lipinski definition) is 0. The van der Waals surface area contributed by atoms with E-state index < -0.39 is 35.7 Å². The molecule has 0 spiro atoms. The second-order valence-electron chi connectivity index (χ2n) is 9.85. The number of aromatic nitrogens is 1. The summed E-state index contributed by atoms with van der Waals surface area (Å²) in [5.74, 6) is -4.85. The van der Waals surface area contributed by atoms with E-state index in [1.165, 1.54) is 34.1 Å². The third-order valence-corrected chi connectivity index (χ3v) is 8.20. The summed E-state index contributed by atoms with van der Waals surface area (Å²) in [6, 6.07) is 15.9. The van der Waals surface area contributed by atoms with E-state index >= 15 is 8.78 Å². The highest BCUT2D eigenvalue weighted by molar-refractivity contribution is 7.17. The fourth-order valence-electron chi connectivity index (χ4n) is 4.88.